The third-order valence-corrected chi connectivity index (χ3v) is 4.11. The second-order valence-corrected chi connectivity index (χ2v) is 5.38. The van der Waals surface area contributed by atoms with Gasteiger partial charge in [-0.05, 0) is 26.7 Å². The van der Waals surface area contributed by atoms with Crippen LogP contribution < -0.4 is 5.32 Å². The largest absolute Gasteiger partial charge is 0.353 e. The normalized spacial score (nSPS) is 16.2. The monoisotopic (exact) mass is 269 g/mol. The summed E-state index contributed by atoms with van der Waals surface area (Å²) in [6.45, 7) is 4.40. The summed E-state index contributed by atoms with van der Waals surface area (Å²) in [7, 11) is 0. The Kier molecular flexibility index (Phi) is 4.27. The highest BCUT2D eigenvalue weighted by molar-refractivity contribution is 6.31. The minimum Gasteiger partial charge on any atom is -0.353 e. The lowest BCUT2D eigenvalue weighted by atomic mass is 10.2. The van der Waals surface area contributed by atoms with E-state index in [2.05, 4.69) is 10.4 Å². The summed E-state index contributed by atoms with van der Waals surface area (Å²) < 4.78 is 1.81. The number of hydrogen-bond acceptors (Lipinski definition) is 2. The van der Waals surface area contributed by atoms with Crippen molar-refractivity contribution in [3.8, 4) is 0 Å². The molecule has 1 aromatic rings. The summed E-state index contributed by atoms with van der Waals surface area (Å²) in [6, 6.07) is 0.390. The standard InChI is InChI=1S/C13H20ClN3O/c1-9-13(14)10(2)17(16-9)8-7-12(18)15-11-5-3-4-6-11/h11H,3-8H2,1-2H3,(H,15,18). The number of aromatic nitrogens is 2. The van der Waals surface area contributed by atoms with Gasteiger partial charge in [-0.25, -0.2) is 0 Å². The van der Waals surface area contributed by atoms with E-state index in [4.69, 9.17) is 11.6 Å². The van der Waals surface area contributed by atoms with E-state index in [1.54, 1.807) is 0 Å². The zero-order valence-electron chi connectivity index (χ0n) is 11.0. The first-order chi connectivity index (χ1) is 8.58. The summed E-state index contributed by atoms with van der Waals surface area (Å²) >= 11 is 6.07. The fourth-order valence-electron chi connectivity index (χ4n) is 2.47. The van der Waals surface area contributed by atoms with Crippen LogP contribution in [-0.2, 0) is 11.3 Å². The van der Waals surface area contributed by atoms with Gasteiger partial charge in [-0.15, -0.1) is 0 Å². The molecule has 1 aromatic heterocycles. The average molecular weight is 270 g/mol. The summed E-state index contributed by atoms with van der Waals surface area (Å²) in [6.07, 6.45) is 5.18. The molecule has 1 fully saturated rings. The molecule has 100 valence electrons. The van der Waals surface area contributed by atoms with Crippen LogP contribution in [0.4, 0.5) is 0 Å². The van der Waals surface area contributed by atoms with E-state index >= 15 is 0 Å². The van der Waals surface area contributed by atoms with Crippen LogP contribution in [0, 0.1) is 13.8 Å². The molecule has 1 aliphatic carbocycles. The third kappa shape index (κ3) is 3.05. The zero-order chi connectivity index (χ0) is 13.1. The summed E-state index contributed by atoms with van der Waals surface area (Å²) in [5.41, 5.74) is 1.76. The highest BCUT2D eigenvalue weighted by atomic mass is 35.5. The van der Waals surface area contributed by atoms with Crippen molar-refractivity contribution in [2.24, 2.45) is 0 Å². The molecule has 1 saturated carbocycles. The summed E-state index contributed by atoms with van der Waals surface area (Å²) in [5, 5.41) is 8.10. The molecule has 0 radical (unpaired) electrons. The topological polar surface area (TPSA) is 46.9 Å². The van der Waals surface area contributed by atoms with Crippen LogP contribution in [0.2, 0.25) is 5.02 Å². The van der Waals surface area contributed by atoms with Crippen molar-refractivity contribution in [1.82, 2.24) is 15.1 Å². The van der Waals surface area contributed by atoms with Gasteiger partial charge in [0.05, 0.1) is 23.0 Å². The van der Waals surface area contributed by atoms with E-state index in [0.717, 1.165) is 24.2 Å². The van der Waals surface area contributed by atoms with Crippen LogP contribution in [0.25, 0.3) is 0 Å². The van der Waals surface area contributed by atoms with E-state index < -0.39 is 0 Å². The van der Waals surface area contributed by atoms with Gasteiger partial charge in [0.25, 0.3) is 0 Å². The number of aryl methyl sites for hydroxylation is 2. The Labute approximate surface area is 113 Å². The van der Waals surface area contributed by atoms with Gasteiger partial charge in [0.2, 0.25) is 5.91 Å². The molecule has 2 rings (SSSR count). The molecule has 1 heterocycles. The molecular formula is C13H20ClN3O. The first kappa shape index (κ1) is 13.4. The molecule has 0 atom stereocenters. The Morgan fingerprint density at radius 2 is 2.11 bits per heavy atom. The highest BCUT2D eigenvalue weighted by Crippen LogP contribution is 2.19. The lowest BCUT2D eigenvalue weighted by Gasteiger charge is -2.12. The molecular weight excluding hydrogens is 250 g/mol. The van der Waals surface area contributed by atoms with Crippen LogP contribution in [-0.4, -0.2) is 21.7 Å². The molecule has 0 spiro atoms. The number of halogens is 1. The van der Waals surface area contributed by atoms with Gasteiger partial charge in [0.1, 0.15) is 0 Å². The van der Waals surface area contributed by atoms with E-state index in [1.807, 2.05) is 18.5 Å². The van der Waals surface area contributed by atoms with E-state index in [9.17, 15) is 4.79 Å². The Balaban J connectivity index is 1.83. The van der Waals surface area contributed by atoms with Crippen molar-refractivity contribution >= 4 is 17.5 Å². The smallest absolute Gasteiger partial charge is 0.222 e. The SMILES string of the molecule is Cc1nn(CCC(=O)NC2CCCC2)c(C)c1Cl. The molecule has 5 heteroatoms. The number of amides is 1. The second-order valence-electron chi connectivity index (χ2n) is 5.01. The Hall–Kier alpha value is -1.03. The number of carbonyl (C=O) groups excluding carboxylic acids is 1. The van der Waals surface area contributed by atoms with Crippen molar-refractivity contribution < 1.29 is 4.79 Å². The highest BCUT2D eigenvalue weighted by Gasteiger charge is 2.17. The van der Waals surface area contributed by atoms with Crippen molar-refractivity contribution in [2.75, 3.05) is 0 Å². The lowest BCUT2D eigenvalue weighted by molar-refractivity contribution is -0.122. The molecule has 4 nitrogen and oxygen atoms in total. The Bertz CT molecular complexity index is 436. The number of nitrogens with one attached hydrogen (secondary N) is 1. The number of hydrogen-bond donors (Lipinski definition) is 1. The molecule has 1 N–H and O–H groups in total. The molecule has 0 aromatic carbocycles. The minimum absolute atomic E-state index is 0.116. The van der Waals surface area contributed by atoms with Gasteiger partial charge >= 0.3 is 0 Å². The van der Waals surface area contributed by atoms with Gasteiger partial charge in [-0.3, -0.25) is 9.48 Å². The van der Waals surface area contributed by atoms with E-state index in [1.165, 1.54) is 12.8 Å². The summed E-state index contributed by atoms with van der Waals surface area (Å²) in [5.74, 6) is 0.116. The van der Waals surface area contributed by atoms with Gasteiger partial charge in [0, 0.05) is 12.5 Å². The zero-order valence-corrected chi connectivity index (χ0v) is 11.8. The van der Waals surface area contributed by atoms with Crippen molar-refractivity contribution in [1.29, 1.82) is 0 Å². The third-order valence-electron chi connectivity index (χ3n) is 3.56. The summed E-state index contributed by atoms with van der Waals surface area (Å²) in [4.78, 5) is 11.8. The number of carbonyl (C=O) groups is 1. The molecule has 0 aliphatic heterocycles. The predicted molar refractivity (Wildman–Crippen MR) is 71.7 cm³/mol. The Morgan fingerprint density at radius 1 is 1.44 bits per heavy atom. The van der Waals surface area contributed by atoms with E-state index in [0.29, 0.717) is 24.0 Å². The van der Waals surface area contributed by atoms with Crippen LogP contribution in [0.1, 0.15) is 43.5 Å². The van der Waals surface area contributed by atoms with Crippen LogP contribution in [0.5, 0.6) is 0 Å². The second kappa shape index (κ2) is 5.74. The van der Waals surface area contributed by atoms with Crippen molar-refractivity contribution in [3.63, 3.8) is 0 Å². The van der Waals surface area contributed by atoms with Crippen LogP contribution in [0.15, 0.2) is 0 Å². The first-order valence-corrected chi connectivity index (χ1v) is 6.94. The lowest BCUT2D eigenvalue weighted by Crippen LogP contribution is -2.33. The molecule has 18 heavy (non-hydrogen) atoms. The van der Waals surface area contributed by atoms with Gasteiger partial charge in [0.15, 0.2) is 0 Å². The van der Waals surface area contributed by atoms with Gasteiger partial charge in [-0.1, -0.05) is 24.4 Å². The van der Waals surface area contributed by atoms with Gasteiger partial charge < -0.3 is 5.32 Å². The van der Waals surface area contributed by atoms with E-state index in [-0.39, 0.29) is 5.91 Å². The molecule has 0 unspecified atom stereocenters. The Morgan fingerprint density at radius 3 is 2.67 bits per heavy atom. The fraction of sp³-hybridized carbons (Fsp3) is 0.692. The molecule has 0 saturated heterocycles. The van der Waals surface area contributed by atoms with Crippen LogP contribution >= 0.6 is 11.6 Å². The maximum Gasteiger partial charge on any atom is 0.222 e. The molecule has 1 aliphatic rings. The maximum absolute atomic E-state index is 11.8. The first-order valence-electron chi connectivity index (χ1n) is 6.57. The molecule has 0 bridgehead atoms. The number of nitrogens with zero attached hydrogens (tertiary/aromatic N) is 2. The number of rotatable bonds is 4. The van der Waals surface area contributed by atoms with Crippen molar-refractivity contribution in [2.45, 2.75) is 58.5 Å². The predicted octanol–water partition coefficient (Wildman–Crippen LogP) is 2.60. The average Bonchev–Trinajstić information content (AvgIpc) is 2.92. The van der Waals surface area contributed by atoms with Crippen LogP contribution in [0.3, 0.4) is 0 Å². The fourth-order valence-corrected chi connectivity index (χ4v) is 2.61. The van der Waals surface area contributed by atoms with Gasteiger partial charge in [-0.2, -0.15) is 5.10 Å². The van der Waals surface area contributed by atoms with Crippen molar-refractivity contribution in [3.05, 3.63) is 16.4 Å². The quantitative estimate of drug-likeness (QED) is 0.913. The maximum atomic E-state index is 11.8. The molecule has 1 amide bonds. The minimum atomic E-state index is 0.116.